The molecule has 2 aliphatic rings. The van der Waals surface area contributed by atoms with Crippen LogP contribution in [-0.4, -0.2) is 19.3 Å². The molecule has 0 saturated heterocycles. The van der Waals surface area contributed by atoms with Crippen molar-refractivity contribution in [2.24, 2.45) is 0 Å². The first kappa shape index (κ1) is 18.9. The second-order valence-corrected chi connectivity index (χ2v) is 8.09. The number of fused-ring (bicyclic) bond motifs is 3. The summed E-state index contributed by atoms with van der Waals surface area (Å²) >= 11 is 0. The molecular weight excluding hydrogens is 406 g/mol. The molecule has 0 spiro atoms. The van der Waals surface area contributed by atoms with Crippen molar-refractivity contribution >= 4 is 22.7 Å². The fraction of sp³-hybridized carbons (Fsp3) is 0.154. The van der Waals surface area contributed by atoms with E-state index in [9.17, 15) is 8.78 Å². The molecule has 0 bridgehead atoms. The maximum Gasteiger partial charge on any atom is 0.241 e. The number of benzene rings is 2. The highest BCUT2D eigenvalue weighted by Crippen LogP contribution is 2.36. The molecule has 0 unspecified atom stereocenters. The number of hydrogen-bond acceptors (Lipinski definition) is 2. The number of para-hydroxylation sites is 1. The summed E-state index contributed by atoms with van der Waals surface area (Å²) in [6.07, 6.45) is 10.4. The molecule has 2 aromatic carbocycles. The van der Waals surface area contributed by atoms with E-state index >= 15 is 0 Å². The number of hydrogen-bond donors (Lipinski definition) is 0. The van der Waals surface area contributed by atoms with E-state index in [0.29, 0.717) is 24.6 Å². The summed E-state index contributed by atoms with van der Waals surface area (Å²) in [6, 6.07) is 14.5. The van der Waals surface area contributed by atoms with Crippen LogP contribution < -0.4 is 0 Å². The molecule has 2 aliphatic carbocycles. The summed E-state index contributed by atoms with van der Waals surface area (Å²) in [5.74, 6) is 0.805. The molecule has 0 atom stereocenters. The predicted molar refractivity (Wildman–Crippen MR) is 122 cm³/mol. The summed E-state index contributed by atoms with van der Waals surface area (Å²) in [5.41, 5.74) is 5.10. The molecule has 0 radical (unpaired) electrons. The molecule has 158 valence electrons. The lowest BCUT2D eigenvalue weighted by Crippen LogP contribution is -2.11. The van der Waals surface area contributed by atoms with Gasteiger partial charge in [0.25, 0.3) is 0 Å². The lowest BCUT2D eigenvalue weighted by Gasteiger charge is -2.18. The topological polar surface area (TPSA) is 35.6 Å². The summed E-state index contributed by atoms with van der Waals surface area (Å²) in [4.78, 5) is 0. The van der Waals surface area contributed by atoms with E-state index in [1.54, 1.807) is 18.2 Å². The molecule has 0 amide bonds. The molecule has 0 saturated carbocycles. The highest BCUT2D eigenvalue weighted by Gasteiger charge is 2.25. The molecule has 4 aromatic rings. The molecular formula is C26H20F2N4. The van der Waals surface area contributed by atoms with Gasteiger partial charge in [0, 0.05) is 23.1 Å². The fourth-order valence-electron chi connectivity index (χ4n) is 4.66. The Morgan fingerprint density at radius 1 is 0.812 bits per heavy atom. The molecule has 32 heavy (non-hydrogen) atoms. The number of aromatic nitrogens is 4. The van der Waals surface area contributed by atoms with Crippen LogP contribution in [0, 0.1) is 5.82 Å². The summed E-state index contributed by atoms with van der Waals surface area (Å²) in [6.45, 7) is 0. The van der Waals surface area contributed by atoms with E-state index < -0.39 is 0 Å². The van der Waals surface area contributed by atoms with Gasteiger partial charge in [-0.1, -0.05) is 24.3 Å². The Morgan fingerprint density at radius 3 is 2.47 bits per heavy atom. The average Bonchev–Trinajstić information content (AvgIpc) is 3.39. The van der Waals surface area contributed by atoms with Crippen molar-refractivity contribution in [3.8, 4) is 17.3 Å². The zero-order valence-electron chi connectivity index (χ0n) is 17.3. The Labute approximate surface area is 183 Å². The minimum absolute atomic E-state index is 0.140. The van der Waals surface area contributed by atoms with Crippen molar-refractivity contribution < 1.29 is 8.78 Å². The highest BCUT2D eigenvalue weighted by molar-refractivity contribution is 5.90. The second-order valence-electron chi connectivity index (χ2n) is 8.09. The summed E-state index contributed by atoms with van der Waals surface area (Å²) in [7, 11) is 0. The first-order valence-electron chi connectivity index (χ1n) is 10.8. The van der Waals surface area contributed by atoms with E-state index in [2.05, 4.69) is 45.1 Å². The molecule has 0 aliphatic heterocycles. The lowest BCUT2D eigenvalue weighted by molar-refractivity contribution is 0.586. The zero-order valence-corrected chi connectivity index (χ0v) is 17.3. The maximum atomic E-state index is 13.8. The van der Waals surface area contributed by atoms with E-state index in [4.69, 9.17) is 0 Å². The number of aryl methyl sites for hydroxylation is 1. The van der Waals surface area contributed by atoms with Gasteiger partial charge in [-0.3, -0.25) is 9.13 Å². The van der Waals surface area contributed by atoms with Gasteiger partial charge < -0.3 is 0 Å². The Kier molecular flexibility index (Phi) is 4.38. The van der Waals surface area contributed by atoms with Gasteiger partial charge in [-0.25, -0.2) is 8.78 Å². The van der Waals surface area contributed by atoms with Crippen LogP contribution in [0.2, 0.25) is 0 Å². The Bertz CT molecular complexity index is 1430. The number of nitrogens with zero attached hydrogens (tertiary/aromatic N) is 4. The zero-order chi connectivity index (χ0) is 21.7. The minimum Gasteiger partial charge on any atom is -0.278 e. The van der Waals surface area contributed by atoms with Gasteiger partial charge in [-0.05, 0) is 73.4 Å². The van der Waals surface area contributed by atoms with Crippen molar-refractivity contribution in [3.05, 3.63) is 89.7 Å². The van der Waals surface area contributed by atoms with Crippen molar-refractivity contribution in [2.75, 3.05) is 0 Å². The van der Waals surface area contributed by atoms with E-state index in [-0.39, 0.29) is 11.6 Å². The molecule has 6 heteroatoms. The van der Waals surface area contributed by atoms with Crippen LogP contribution in [-0.2, 0) is 6.42 Å². The highest BCUT2D eigenvalue weighted by atomic mass is 19.1. The summed E-state index contributed by atoms with van der Waals surface area (Å²) in [5, 5.41) is 10.3. The smallest absolute Gasteiger partial charge is 0.241 e. The third-order valence-electron chi connectivity index (χ3n) is 6.17. The number of allylic oxidation sites excluding steroid dienone is 5. The van der Waals surface area contributed by atoms with Crippen molar-refractivity contribution in [3.63, 3.8) is 0 Å². The normalized spacial score (nSPS) is 15.6. The van der Waals surface area contributed by atoms with Gasteiger partial charge >= 0.3 is 0 Å². The van der Waals surface area contributed by atoms with E-state index in [1.807, 2.05) is 10.6 Å². The number of halogens is 2. The average molecular weight is 426 g/mol. The lowest BCUT2D eigenvalue weighted by atomic mass is 10.0. The Morgan fingerprint density at radius 2 is 1.66 bits per heavy atom. The van der Waals surface area contributed by atoms with Crippen LogP contribution in [0.1, 0.15) is 30.5 Å². The van der Waals surface area contributed by atoms with Crippen LogP contribution in [0.15, 0.2) is 72.6 Å². The SMILES string of the molecule is FC1=CC=C(n2c(-c3ccc(F)cc3)nnc2-n2c3c(c4ccccc42)CCC=C3)CC1. The first-order valence-corrected chi connectivity index (χ1v) is 10.8. The van der Waals surface area contributed by atoms with Gasteiger partial charge in [0.1, 0.15) is 11.6 Å². The third kappa shape index (κ3) is 2.94. The van der Waals surface area contributed by atoms with Crippen molar-refractivity contribution in [1.82, 2.24) is 19.3 Å². The number of rotatable bonds is 3. The van der Waals surface area contributed by atoms with E-state index in [1.165, 1.54) is 29.2 Å². The van der Waals surface area contributed by atoms with Crippen molar-refractivity contribution in [1.29, 1.82) is 0 Å². The third-order valence-corrected chi connectivity index (χ3v) is 6.17. The van der Waals surface area contributed by atoms with Crippen LogP contribution in [0.3, 0.4) is 0 Å². The molecule has 2 aromatic heterocycles. The van der Waals surface area contributed by atoms with Crippen LogP contribution >= 0.6 is 0 Å². The Balaban J connectivity index is 1.66. The van der Waals surface area contributed by atoms with Gasteiger partial charge in [0.05, 0.1) is 11.2 Å². The van der Waals surface area contributed by atoms with Crippen LogP contribution in [0.4, 0.5) is 8.78 Å². The molecule has 4 nitrogen and oxygen atoms in total. The largest absolute Gasteiger partial charge is 0.278 e. The molecule has 0 N–H and O–H groups in total. The first-order chi connectivity index (χ1) is 15.7. The van der Waals surface area contributed by atoms with Gasteiger partial charge in [-0.2, -0.15) is 0 Å². The van der Waals surface area contributed by atoms with E-state index in [0.717, 1.165) is 35.3 Å². The van der Waals surface area contributed by atoms with Gasteiger partial charge in [0.15, 0.2) is 5.82 Å². The maximum absolute atomic E-state index is 13.8. The quantitative estimate of drug-likeness (QED) is 0.376. The van der Waals surface area contributed by atoms with Gasteiger partial charge in [0.2, 0.25) is 5.95 Å². The second kappa shape index (κ2) is 7.41. The predicted octanol–water partition coefficient (Wildman–Crippen LogP) is 6.48. The fourth-order valence-corrected chi connectivity index (χ4v) is 4.66. The molecule has 2 heterocycles. The Hall–Kier alpha value is -3.80. The van der Waals surface area contributed by atoms with Gasteiger partial charge in [-0.15, -0.1) is 10.2 Å². The summed E-state index contributed by atoms with van der Waals surface area (Å²) < 4.78 is 31.5. The van der Waals surface area contributed by atoms with Crippen molar-refractivity contribution in [2.45, 2.75) is 25.7 Å². The minimum atomic E-state index is -0.308. The molecule has 6 rings (SSSR count). The standard InChI is InChI=1S/C26H20F2N4/c27-18-11-9-17(10-12-18)25-29-30-26(31(25)20-15-13-19(28)14-16-20)32-23-7-3-1-5-21(23)22-6-2-4-8-24(22)32/h1,3-5,7-13,15H,2,6,14,16H2. The van der Waals surface area contributed by atoms with Crippen LogP contribution in [0.25, 0.3) is 40.0 Å². The monoisotopic (exact) mass is 426 g/mol. The molecule has 0 fully saturated rings. The van der Waals surface area contributed by atoms with Crippen LogP contribution in [0.5, 0.6) is 0 Å².